The molecule has 1 aromatic carbocycles. The average molecular weight is 320 g/mol. The number of amides is 1. The summed E-state index contributed by atoms with van der Waals surface area (Å²) in [4.78, 5) is 15.7. The van der Waals surface area contributed by atoms with Gasteiger partial charge in [0.1, 0.15) is 0 Å². The molecule has 2 N–H and O–H groups in total. The standard InChI is InChI=1S/C14H14BrN3O/c15-12-9-16-7-6-13(12)17-10-14(19)18-8-11-4-2-1-3-5-11/h1-7,9H,8,10H2,(H,16,17)(H,18,19). The number of hydrogen-bond donors (Lipinski definition) is 2. The summed E-state index contributed by atoms with van der Waals surface area (Å²) < 4.78 is 0.839. The van der Waals surface area contributed by atoms with Crippen LogP contribution in [0.15, 0.2) is 53.3 Å². The molecule has 0 unspecified atom stereocenters. The number of carbonyl (C=O) groups excluding carboxylic acids is 1. The van der Waals surface area contributed by atoms with Gasteiger partial charge in [0.2, 0.25) is 5.91 Å². The van der Waals surface area contributed by atoms with E-state index >= 15 is 0 Å². The number of hydrogen-bond acceptors (Lipinski definition) is 3. The van der Waals surface area contributed by atoms with Crippen molar-refractivity contribution in [3.05, 3.63) is 58.8 Å². The van der Waals surface area contributed by atoms with Crippen molar-refractivity contribution in [2.75, 3.05) is 11.9 Å². The second-order valence-corrected chi connectivity index (χ2v) is 4.83. The predicted molar refractivity (Wildman–Crippen MR) is 78.7 cm³/mol. The van der Waals surface area contributed by atoms with Crippen molar-refractivity contribution in [1.82, 2.24) is 10.3 Å². The van der Waals surface area contributed by atoms with E-state index in [1.165, 1.54) is 0 Å². The zero-order valence-corrected chi connectivity index (χ0v) is 11.9. The number of nitrogens with zero attached hydrogens (tertiary/aromatic N) is 1. The quantitative estimate of drug-likeness (QED) is 0.890. The molecule has 19 heavy (non-hydrogen) atoms. The van der Waals surface area contributed by atoms with E-state index in [0.29, 0.717) is 6.54 Å². The van der Waals surface area contributed by atoms with E-state index in [2.05, 4.69) is 31.5 Å². The molecule has 0 saturated carbocycles. The molecule has 0 bridgehead atoms. The van der Waals surface area contributed by atoms with Crippen molar-refractivity contribution in [3.63, 3.8) is 0 Å². The third-order valence-corrected chi connectivity index (χ3v) is 3.18. The highest BCUT2D eigenvalue weighted by Gasteiger charge is 2.03. The monoisotopic (exact) mass is 319 g/mol. The van der Waals surface area contributed by atoms with Crippen LogP contribution in [-0.2, 0) is 11.3 Å². The maximum atomic E-state index is 11.7. The van der Waals surface area contributed by atoms with Gasteiger partial charge in [-0.2, -0.15) is 0 Å². The van der Waals surface area contributed by atoms with Crippen LogP contribution in [0.2, 0.25) is 0 Å². The largest absolute Gasteiger partial charge is 0.375 e. The Balaban J connectivity index is 1.78. The molecule has 1 heterocycles. The van der Waals surface area contributed by atoms with Gasteiger partial charge < -0.3 is 10.6 Å². The molecule has 2 rings (SSSR count). The van der Waals surface area contributed by atoms with Crippen LogP contribution in [-0.4, -0.2) is 17.4 Å². The summed E-state index contributed by atoms with van der Waals surface area (Å²) >= 11 is 3.37. The van der Waals surface area contributed by atoms with Crippen molar-refractivity contribution < 1.29 is 4.79 Å². The van der Waals surface area contributed by atoms with Crippen LogP contribution in [0.3, 0.4) is 0 Å². The van der Waals surface area contributed by atoms with Crippen molar-refractivity contribution in [3.8, 4) is 0 Å². The van der Waals surface area contributed by atoms with E-state index in [9.17, 15) is 4.79 Å². The maximum absolute atomic E-state index is 11.7. The first-order valence-electron chi connectivity index (χ1n) is 5.90. The molecular weight excluding hydrogens is 306 g/mol. The van der Waals surface area contributed by atoms with E-state index in [0.717, 1.165) is 15.7 Å². The second kappa shape index (κ2) is 6.89. The van der Waals surface area contributed by atoms with Gasteiger partial charge in [-0.15, -0.1) is 0 Å². The molecule has 1 aromatic heterocycles. The van der Waals surface area contributed by atoms with Crippen molar-refractivity contribution >= 4 is 27.5 Å². The van der Waals surface area contributed by atoms with Crippen LogP contribution in [0, 0.1) is 0 Å². The SMILES string of the molecule is O=C(CNc1ccncc1Br)NCc1ccccc1. The van der Waals surface area contributed by atoms with Gasteiger partial charge in [0.25, 0.3) is 0 Å². The number of halogens is 1. The number of aromatic nitrogens is 1. The fourth-order valence-corrected chi connectivity index (χ4v) is 1.94. The van der Waals surface area contributed by atoms with Gasteiger partial charge >= 0.3 is 0 Å². The first-order chi connectivity index (χ1) is 9.25. The van der Waals surface area contributed by atoms with E-state index in [-0.39, 0.29) is 12.5 Å². The minimum absolute atomic E-state index is 0.0486. The molecule has 98 valence electrons. The fourth-order valence-electron chi connectivity index (χ4n) is 1.55. The minimum atomic E-state index is -0.0486. The molecule has 4 nitrogen and oxygen atoms in total. The molecule has 1 amide bonds. The Morgan fingerprint density at radius 1 is 1.21 bits per heavy atom. The number of benzene rings is 1. The third kappa shape index (κ3) is 4.37. The smallest absolute Gasteiger partial charge is 0.239 e. The zero-order valence-electron chi connectivity index (χ0n) is 10.3. The highest BCUT2D eigenvalue weighted by Crippen LogP contribution is 2.19. The second-order valence-electron chi connectivity index (χ2n) is 3.97. The van der Waals surface area contributed by atoms with Crippen molar-refractivity contribution in [2.24, 2.45) is 0 Å². The Morgan fingerprint density at radius 2 is 2.00 bits per heavy atom. The lowest BCUT2D eigenvalue weighted by Crippen LogP contribution is -2.29. The Morgan fingerprint density at radius 3 is 2.74 bits per heavy atom. The van der Waals surface area contributed by atoms with Crippen LogP contribution < -0.4 is 10.6 Å². The van der Waals surface area contributed by atoms with Crippen LogP contribution in [0.1, 0.15) is 5.56 Å². The summed E-state index contributed by atoms with van der Waals surface area (Å²) in [7, 11) is 0. The lowest BCUT2D eigenvalue weighted by atomic mass is 10.2. The Labute approximate surface area is 120 Å². The summed E-state index contributed by atoms with van der Waals surface area (Å²) in [5, 5.41) is 5.91. The molecule has 0 atom stereocenters. The lowest BCUT2D eigenvalue weighted by Gasteiger charge is -2.08. The normalized spacial score (nSPS) is 9.95. The lowest BCUT2D eigenvalue weighted by molar-refractivity contribution is -0.119. The molecule has 0 saturated heterocycles. The molecule has 0 spiro atoms. The van der Waals surface area contributed by atoms with Gasteiger partial charge in [0, 0.05) is 18.9 Å². The maximum Gasteiger partial charge on any atom is 0.239 e. The summed E-state index contributed by atoms with van der Waals surface area (Å²) in [6, 6.07) is 11.6. The summed E-state index contributed by atoms with van der Waals surface area (Å²) in [6.45, 7) is 0.772. The molecule has 0 radical (unpaired) electrons. The Kier molecular flexibility index (Phi) is 4.92. The van der Waals surface area contributed by atoms with Gasteiger partial charge in [0.05, 0.1) is 16.7 Å². The first kappa shape index (κ1) is 13.5. The number of pyridine rings is 1. The van der Waals surface area contributed by atoms with E-state index in [1.807, 2.05) is 36.4 Å². The number of rotatable bonds is 5. The highest BCUT2D eigenvalue weighted by molar-refractivity contribution is 9.10. The number of nitrogens with one attached hydrogen (secondary N) is 2. The molecular formula is C14H14BrN3O. The fraction of sp³-hybridized carbons (Fsp3) is 0.143. The molecule has 0 aliphatic heterocycles. The summed E-state index contributed by atoms with van der Waals surface area (Å²) in [6.07, 6.45) is 3.36. The third-order valence-electron chi connectivity index (χ3n) is 2.54. The van der Waals surface area contributed by atoms with Gasteiger partial charge in [-0.1, -0.05) is 30.3 Å². The zero-order chi connectivity index (χ0) is 13.5. The average Bonchev–Trinajstić information content (AvgIpc) is 2.45. The van der Waals surface area contributed by atoms with Gasteiger partial charge in [0.15, 0.2) is 0 Å². The van der Waals surface area contributed by atoms with Crippen LogP contribution in [0.4, 0.5) is 5.69 Å². The molecule has 0 aliphatic carbocycles. The molecule has 5 heteroatoms. The Hall–Kier alpha value is -1.88. The van der Waals surface area contributed by atoms with Crippen LogP contribution in [0.25, 0.3) is 0 Å². The first-order valence-corrected chi connectivity index (χ1v) is 6.69. The van der Waals surface area contributed by atoms with Crippen molar-refractivity contribution in [2.45, 2.75) is 6.54 Å². The van der Waals surface area contributed by atoms with E-state index in [4.69, 9.17) is 0 Å². The predicted octanol–water partition coefficient (Wildman–Crippen LogP) is 2.57. The highest BCUT2D eigenvalue weighted by atomic mass is 79.9. The number of anilines is 1. The van der Waals surface area contributed by atoms with E-state index < -0.39 is 0 Å². The molecule has 2 aromatic rings. The van der Waals surface area contributed by atoms with Crippen LogP contribution >= 0.6 is 15.9 Å². The van der Waals surface area contributed by atoms with Gasteiger partial charge in [-0.25, -0.2) is 0 Å². The van der Waals surface area contributed by atoms with Crippen molar-refractivity contribution in [1.29, 1.82) is 0 Å². The number of carbonyl (C=O) groups is 1. The molecule has 0 aliphatic rings. The van der Waals surface area contributed by atoms with Crippen LogP contribution in [0.5, 0.6) is 0 Å². The van der Waals surface area contributed by atoms with Gasteiger partial charge in [-0.3, -0.25) is 9.78 Å². The van der Waals surface area contributed by atoms with Gasteiger partial charge in [-0.05, 0) is 27.6 Å². The summed E-state index contributed by atoms with van der Waals surface area (Å²) in [5.41, 5.74) is 1.94. The Bertz CT molecular complexity index is 545. The topological polar surface area (TPSA) is 54.0 Å². The van der Waals surface area contributed by atoms with E-state index in [1.54, 1.807) is 12.4 Å². The molecule has 0 fully saturated rings. The minimum Gasteiger partial charge on any atom is -0.375 e. The summed E-state index contributed by atoms with van der Waals surface area (Å²) in [5.74, 6) is -0.0486.